The van der Waals surface area contributed by atoms with E-state index in [-0.39, 0.29) is 24.9 Å². The third kappa shape index (κ3) is 2.31. The molecule has 6 nitrogen and oxygen atoms in total. The molecule has 0 bridgehead atoms. The van der Waals surface area contributed by atoms with Crippen LogP contribution in [0, 0.1) is 0 Å². The Morgan fingerprint density at radius 1 is 1.13 bits per heavy atom. The summed E-state index contributed by atoms with van der Waals surface area (Å²) in [6.07, 6.45) is -0.233. The number of methoxy groups -OCH3 is 1. The molecule has 2 aliphatic rings. The van der Waals surface area contributed by atoms with Gasteiger partial charge in [-0.3, -0.25) is 4.18 Å². The minimum atomic E-state index is -3.47. The van der Waals surface area contributed by atoms with Crippen molar-refractivity contribution in [1.29, 1.82) is 0 Å². The van der Waals surface area contributed by atoms with Gasteiger partial charge in [-0.2, -0.15) is 8.42 Å². The summed E-state index contributed by atoms with van der Waals surface area (Å²) in [5, 5.41) is 0. The monoisotopic (exact) mass is 238 g/mol. The van der Waals surface area contributed by atoms with Gasteiger partial charge < -0.3 is 14.2 Å². The van der Waals surface area contributed by atoms with Crippen LogP contribution in [0.2, 0.25) is 0 Å². The highest BCUT2D eigenvalue weighted by atomic mass is 32.2. The molecule has 2 aliphatic heterocycles. The van der Waals surface area contributed by atoms with E-state index in [1.807, 2.05) is 0 Å². The number of fused-ring (bicyclic) bond motifs is 1. The summed E-state index contributed by atoms with van der Waals surface area (Å²) >= 11 is 0. The molecular formula is C8H14O6S. The first kappa shape index (κ1) is 11.3. The van der Waals surface area contributed by atoms with Gasteiger partial charge in [0, 0.05) is 7.11 Å². The quantitative estimate of drug-likeness (QED) is 0.596. The van der Waals surface area contributed by atoms with Crippen molar-refractivity contribution in [3.63, 3.8) is 0 Å². The Balaban J connectivity index is 2.02. The van der Waals surface area contributed by atoms with Crippen LogP contribution in [0.3, 0.4) is 0 Å². The van der Waals surface area contributed by atoms with Gasteiger partial charge in [-0.1, -0.05) is 0 Å². The zero-order chi connectivity index (χ0) is 11.1. The summed E-state index contributed by atoms with van der Waals surface area (Å²) in [4.78, 5) is 0. The SMILES string of the molecule is CO[C@H]1CO[C@H]2[C@H]1OC[C@H]2OS(C)(=O)=O. The fourth-order valence-corrected chi connectivity index (χ4v) is 2.55. The number of ether oxygens (including phenoxy) is 3. The molecule has 88 valence electrons. The Morgan fingerprint density at radius 3 is 2.20 bits per heavy atom. The predicted octanol–water partition coefficient (Wildman–Crippen LogP) is -0.856. The highest BCUT2D eigenvalue weighted by Gasteiger charge is 2.49. The van der Waals surface area contributed by atoms with Crippen molar-refractivity contribution in [1.82, 2.24) is 0 Å². The molecule has 0 radical (unpaired) electrons. The van der Waals surface area contributed by atoms with Crippen LogP contribution >= 0.6 is 0 Å². The van der Waals surface area contributed by atoms with Crippen molar-refractivity contribution in [2.75, 3.05) is 26.6 Å². The van der Waals surface area contributed by atoms with Crippen LogP contribution in [-0.2, 0) is 28.5 Å². The lowest BCUT2D eigenvalue weighted by atomic mass is 10.1. The average Bonchev–Trinajstić information content (AvgIpc) is 2.65. The topological polar surface area (TPSA) is 71.1 Å². The van der Waals surface area contributed by atoms with Crippen LogP contribution in [0.15, 0.2) is 0 Å². The van der Waals surface area contributed by atoms with Gasteiger partial charge >= 0.3 is 0 Å². The van der Waals surface area contributed by atoms with Gasteiger partial charge in [0.25, 0.3) is 10.1 Å². The maximum absolute atomic E-state index is 11.0. The highest BCUT2D eigenvalue weighted by Crippen LogP contribution is 2.30. The predicted molar refractivity (Wildman–Crippen MR) is 50.0 cm³/mol. The summed E-state index contributed by atoms with van der Waals surface area (Å²) in [6, 6.07) is 0. The molecule has 0 aromatic heterocycles. The van der Waals surface area contributed by atoms with Crippen LogP contribution < -0.4 is 0 Å². The van der Waals surface area contributed by atoms with Crippen LogP contribution in [-0.4, -0.2) is 59.4 Å². The first-order valence-corrected chi connectivity index (χ1v) is 6.47. The van der Waals surface area contributed by atoms with E-state index in [1.165, 1.54) is 0 Å². The number of hydrogen-bond donors (Lipinski definition) is 0. The lowest BCUT2D eigenvalue weighted by molar-refractivity contribution is -0.0132. The van der Waals surface area contributed by atoms with Gasteiger partial charge in [-0.15, -0.1) is 0 Å². The van der Waals surface area contributed by atoms with Crippen molar-refractivity contribution in [2.24, 2.45) is 0 Å². The third-order valence-corrected chi connectivity index (χ3v) is 3.16. The molecule has 0 aliphatic carbocycles. The molecular weight excluding hydrogens is 224 g/mol. The Labute approximate surface area is 88.6 Å². The van der Waals surface area contributed by atoms with Gasteiger partial charge in [0.15, 0.2) is 0 Å². The Hall–Kier alpha value is -0.210. The molecule has 0 unspecified atom stereocenters. The van der Waals surface area contributed by atoms with E-state index >= 15 is 0 Å². The molecule has 7 heteroatoms. The standard InChI is InChI=1S/C8H14O6S/c1-11-5-3-12-8-6(4-13-7(5)8)14-15(2,9)10/h5-8H,3-4H2,1-2H3/t5-,6+,7-,8+/m0/s1. The van der Waals surface area contributed by atoms with Crippen molar-refractivity contribution in [2.45, 2.75) is 24.4 Å². The molecule has 0 spiro atoms. The highest BCUT2D eigenvalue weighted by molar-refractivity contribution is 7.86. The summed E-state index contributed by atoms with van der Waals surface area (Å²) < 4.78 is 42.7. The Bertz CT molecular complexity index is 326. The van der Waals surface area contributed by atoms with E-state index in [4.69, 9.17) is 18.4 Å². The molecule has 4 atom stereocenters. The fraction of sp³-hybridized carbons (Fsp3) is 1.00. The summed E-state index contributed by atoms with van der Waals surface area (Å²) in [5.41, 5.74) is 0. The van der Waals surface area contributed by atoms with Crippen LogP contribution in [0.5, 0.6) is 0 Å². The van der Waals surface area contributed by atoms with Gasteiger partial charge in [0.2, 0.25) is 0 Å². The van der Waals surface area contributed by atoms with E-state index in [2.05, 4.69) is 0 Å². The van der Waals surface area contributed by atoms with Gasteiger partial charge in [0.05, 0.1) is 19.5 Å². The summed E-state index contributed by atoms with van der Waals surface area (Å²) in [5.74, 6) is 0. The molecule has 0 saturated carbocycles. The number of rotatable bonds is 3. The van der Waals surface area contributed by atoms with Crippen molar-refractivity contribution in [3.8, 4) is 0 Å². The first-order chi connectivity index (χ1) is 7.01. The van der Waals surface area contributed by atoms with E-state index in [9.17, 15) is 8.42 Å². The molecule has 15 heavy (non-hydrogen) atoms. The third-order valence-electron chi connectivity index (χ3n) is 2.56. The maximum atomic E-state index is 11.0. The Kier molecular flexibility index (Phi) is 3.00. The van der Waals surface area contributed by atoms with Crippen LogP contribution in [0.25, 0.3) is 0 Å². The van der Waals surface area contributed by atoms with E-state index in [1.54, 1.807) is 7.11 Å². The smallest absolute Gasteiger partial charge is 0.264 e. The molecule has 2 rings (SSSR count). The molecule has 0 amide bonds. The van der Waals surface area contributed by atoms with Crippen LogP contribution in [0.4, 0.5) is 0 Å². The molecule has 2 heterocycles. The normalized spacial score (nSPS) is 40.7. The van der Waals surface area contributed by atoms with Crippen LogP contribution in [0.1, 0.15) is 0 Å². The number of hydrogen-bond acceptors (Lipinski definition) is 6. The van der Waals surface area contributed by atoms with Crippen molar-refractivity contribution >= 4 is 10.1 Å². The molecule has 2 saturated heterocycles. The second kappa shape index (κ2) is 3.99. The summed E-state index contributed by atoms with van der Waals surface area (Å²) in [7, 11) is -1.90. The second-order valence-corrected chi connectivity index (χ2v) is 5.31. The maximum Gasteiger partial charge on any atom is 0.264 e. The summed E-state index contributed by atoms with van der Waals surface area (Å²) in [6.45, 7) is 0.637. The molecule has 0 aromatic carbocycles. The largest absolute Gasteiger partial charge is 0.376 e. The van der Waals surface area contributed by atoms with E-state index in [0.717, 1.165) is 6.26 Å². The molecule has 0 aromatic rings. The Morgan fingerprint density at radius 2 is 1.67 bits per heavy atom. The van der Waals surface area contributed by atoms with Gasteiger partial charge in [-0.05, 0) is 0 Å². The van der Waals surface area contributed by atoms with Crippen molar-refractivity contribution in [3.05, 3.63) is 0 Å². The second-order valence-electron chi connectivity index (χ2n) is 3.71. The van der Waals surface area contributed by atoms with E-state index < -0.39 is 16.2 Å². The zero-order valence-corrected chi connectivity index (χ0v) is 9.40. The van der Waals surface area contributed by atoms with Crippen molar-refractivity contribution < 1.29 is 26.8 Å². The van der Waals surface area contributed by atoms with Gasteiger partial charge in [0.1, 0.15) is 24.4 Å². The molecule has 2 fully saturated rings. The minimum absolute atomic E-state index is 0.136. The lowest BCUT2D eigenvalue weighted by Gasteiger charge is -2.15. The average molecular weight is 238 g/mol. The van der Waals surface area contributed by atoms with E-state index in [0.29, 0.717) is 6.61 Å². The van der Waals surface area contributed by atoms with Gasteiger partial charge in [-0.25, -0.2) is 0 Å². The zero-order valence-electron chi connectivity index (χ0n) is 8.58. The molecule has 0 N–H and O–H groups in total. The minimum Gasteiger partial charge on any atom is -0.376 e. The first-order valence-electron chi connectivity index (χ1n) is 4.65. The fourth-order valence-electron chi connectivity index (χ4n) is 1.94. The lowest BCUT2D eigenvalue weighted by Crippen LogP contribution is -2.34.